The number of urea groups is 1. The van der Waals surface area contributed by atoms with E-state index in [0.29, 0.717) is 16.7 Å². The Kier molecular flexibility index (Phi) is 21.4. The topological polar surface area (TPSA) is 370 Å². The monoisotopic (exact) mass is 1250 g/mol. The van der Waals surface area contributed by atoms with Gasteiger partial charge in [0.1, 0.15) is 47.4 Å². The number of fused-ring (bicyclic) bond motifs is 5. The van der Waals surface area contributed by atoms with Crippen molar-refractivity contribution in [3.63, 3.8) is 0 Å². The second kappa shape index (κ2) is 28.0. The van der Waals surface area contributed by atoms with E-state index in [1.165, 1.54) is 50.4 Å². The van der Waals surface area contributed by atoms with Gasteiger partial charge in [-0.1, -0.05) is 81.4 Å². The van der Waals surface area contributed by atoms with Gasteiger partial charge in [0.05, 0.1) is 42.4 Å². The fraction of sp³-hybridized carbons (Fsp3) is 0.516. The first kappa shape index (κ1) is 68.7. The second-order valence-electron chi connectivity index (χ2n) is 24.7. The van der Waals surface area contributed by atoms with Crippen molar-refractivity contribution < 1.29 is 106 Å². The molecule has 4 amide bonds. The van der Waals surface area contributed by atoms with Crippen LogP contribution in [-0.4, -0.2) is 155 Å². The van der Waals surface area contributed by atoms with E-state index < -0.39 is 174 Å². The minimum Gasteiger partial charge on any atom is -0.481 e. The Labute approximate surface area is 519 Å². The van der Waals surface area contributed by atoms with Crippen molar-refractivity contribution in [3.05, 3.63) is 113 Å². The molecule has 0 radical (unpaired) electrons. The lowest BCUT2D eigenvalue weighted by atomic mass is 9.43. The van der Waals surface area contributed by atoms with Crippen molar-refractivity contribution in [2.45, 2.75) is 173 Å². The maximum atomic E-state index is 15.8. The molecule has 26 heteroatoms. The Bertz CT molecular complexity index is 3240. The van der Waals surface area contributed by atoms with Crippen molar-refractivity contribution in [1.29, 1.82) is 0 Å². The molecular formula is C64H78N4O22. The highest BCUT2D eigenvalue weighted by atomic mass is 16.6. The van der Waals surface area contributed by atoms with Gasteiger partial charge in [0.25, 0.3) is 6.47 Å². The third-order valence-electron chi connectivity index (χ3n) is 17.3. The van der Waals surface area contributed by atoms with E-state index in [-0.39, 0.29) is 49.2 Å². The number of ketones is 1. The molecule has 486 valence electrons. The minimum absolute atomic E-state index is 0.000905. The summed E-state index contributed by atoms with van der Waals surface area (Å²) in [6.07, 6.45) is -12.2. The SMILES string of the molecule is CO[C@H]1C[C@H]2OC[C@@]2(OC(C)=O)[C@H]2[C@H](OC(=O)c3ccccc3)[C@]3(O)C[C@H](OC(=O)[C@H](OC(=O)CCC(=O)Nc4ccc(C[C@H](NC(=O)N[C@@H](CCC(=O)O)OC=O)C(=O)O)cc4)[C@@H](NC(=O)OC(C)(C)C)c4ccccc4)C(C)=C([C@@H](C)C(=O)[C@]12C)C3(C)C. The number of hydrogen-bond acceptors (Lipinski definition) is 20. The summed E-state index contributed by atoms with van der Waals surface area (Å²) in [4.78, 5) is 147. The van der Waals surface area contributed by atoms with Crippen LogP contribution < -0.4 is 21.3 Å². The van der Waals surface area contributed by atoms with Crippen LogP contribution in [0.5, 0.6) is 0 Å². The molecule has 1 saturated heterocycles. The summed E-state index contributed by atoms with van der Waals surface area (Å²) in [6, 6.07) is 17.5. The number of esters is 4. The molecule has 2 saturated carbocycles. The Hall–Kier alpha value is -8.75. The number of methoxy groups -OCH3 is 1. The molecule has 7 rings (SSSR count). The molecular weight excluding hydrogens is 1180 g/mol. The summed E-state index contributed by atoms with van der Waals surface area (Å²) in [5.41, 5.74) is -6.70. The molecule has 1 aliphatic heterocycles. The zero-order valence-electron chi connectivity index (χ0n) is 51.7. The minimum atomic E-state index is -2.32. The van der Waals surface area contributed by atoms with Crippen molar-refractivity contribution in [3.8, 4) is 0 Å². The maximum Gasteiger partial charge on any atom is 0.408 e. The number of anilines is 1. The summed E-state index contributed by atoms with van der Waals surface area (Å²) >= 11 is 0. The Morgan fingerprint density at radius 3 is 2.06 bits per heavy atom. The lowest BCUT2D eigenvalue weighted by Crippen LogP contribution is -2.81. The molecule has 3 aromatic carbocycles. The summed E-state index contributed by atoms with van der Waals surface area (Å²) in [5.74, 6) is -10.3. The molecule has 26 nitrogen and oxygen atoms in total. The number of nitrogens with one attached hydrogen (secondary N) is 4. The quantitative estimate of drug-likeness (QED) is 0.0183. The van der Waals surface area contributed by atoms with Gasteiger partial charge >= 0.3 is 47.9 Å². The van der Waals surface area contributed by atoms with E-state index in [4.69, 9.17) is 38.3 Å². The number of ether oxygens (including phenoxy) is 8. The average molecular weight is 1260 g/mol. The number of benzene rings is 3. The van der Waals surface area contributed by atoms with Crippen LogP contribution in [0, 0.1) is 22.7 Å². The van der Waals surface area contributed by atoms with Gasteiger partial charge in [0, 0.05) is 63.2 Å². The van der Waals surface area contributed by atoms with E-state index >= 15 is 9.59 Å². The van der Waals surface area contributed by atoms with Crippen LogP contribution in [0.3, 0.4) is 0 Å². The van der Waals surface area contributed by atoms with E-state index in [1.54, 1.807) is 104 Å². The number of amides is 4. The number of carboxylic acids is 2. The molecule has 90 heavy (non-hydrogen) atoms. The number of rotatable bonds is 24. The number of carbonyl (C=O) groups is 11. The molecule has 7 N–H and O–H groups in total. The number of carboxylic acid groups (broad SMARTS) is 2. The van der Waals surface area contributed by atoms with Crippen molar-refractivity contribution >= 4 is 71.8 Å². The lowest BCUT2D eigenvalue weighted by molar-refractivity contribution is -0.346. The van der Waals surface area contributed by atoms with Gasteiger partial charge < -0.3 is 74.5 Å². The number of aliphatic carboxylic acids is 2. The maximum absolute atomic E-state index is 15.8. The van der Waals surface area contributed by atoms with Crippen LogP contribution in [0.25, 0.3) is 0 Å². The first-order valence-corrected chi connectivity index (χ1v) is 29.3. The molecule has 0 unspecified atom stereocenters. The molecule has 1 heterocycles. The van der Waals surface area contributed by atoms with Gasteiger partial charge in [0.15, 0.2) is 11.8 Å². The third-order valence-corrected chi connectivity index (χ3v) is 17.3. The van der Waals surface area contributed by atoms with Crippen LogP contribution in [0.1, 0.15) is 128 Å². The largest absolute Gasteiger partial charge is 0.481 e. The highest BCUT2D eigenvalue weighted by Crippen LogP contribution is 2.65. The normalized spacial score (nSPS) is 26.1. The van der Waals surface area contributed by atoms with Crippen molar-refractivity contribution in [1.82, 2.24) is 16.0 Å². The fourth-order valence-corrected chi connectivity index (χ4v) is 13.1. The zero-order valence-corrected chi connectivity index (χ0v) is 51.7. The number of aliphatic hydroxyl groups is 1. The van der Waals surface area contributed by atoms with Crippen LogP contribution >= 0.6 is 0 Å². The summed E-state index contributed by atoms with van der Waals surface area (Å²) < 4.78 is 47.8. The first-order chi connectivity index (χ1) is 42.3. The van der Waals surface area contributed by atoms with Gasteiger partial charge in [-0.25, -0.2) is 24.0 Å². The highest BCUT2D eigenvalue weighted by Gasteiger charge is 2.78. The Balaban J connectivity index is 1.19. The summed E-state index contributed by atoms with van der Waals surface area (Å²) in [5, 5.41) is 42.6. The molecule has 4 aliphatic rings. The predicted octanol–water partition coefficient (Wildman–Crippen LogP) is 5.82. The number of carbonyl (C=O) groups excluding carboxylic acids is 9. The zero-order chi connectivity index (χ0) is 66.3. The molecule has 0 aromatic heterocycles. The molecule has 3 fully saturated rings. The van der Waals surface area contributed by atoms with Crippen molar-refractivity contribution in [2.75, 3.05) is 19.0 Å². The average Bonchev–Trinajstić information content (AvgIpc) is 0.671. The molecule has 2 bridgehead atoms. The number of hydrogen-bond donors (Lipinski definition) is 7. The van der Waals surface area contributed by atoms with Crippen LogP contribution in [0.2, 0.25) is 0 Å². The summed E-state index contributed by atoms with van der Waals surface area (Å²) in [7, 11) is 1.42. The van der Waals surface area contributed by atoms with Gasteiger partial charge in [-0.15, -0.1) is 0 Å². The predicted molar refractivity (Wildman–Crippen MR) is 314 cm³/mol. The van der Waals surface area contributed by atoms with E-state index in [9.17, 15) is 53.4 Å². The van der Waals surface area contributed by atoms with Gasteiger partial charge in [-0.05, 0) is 81.2 Å². The van der Waals surface area contributed by atoms with Gasteiger partial charge in [0.2, 0.25) is 12.0 Å². The molecule has 0 spiro atoms. The number of Topliss-reactive ketones (excluding diaryl/α,β-unsaturated/α-hetero) is 1. The fourth-order valence-electron chi connectivity index (χ4n) is 13.1. The van der Waals surface area contributed by atoms with Crippen LogP contribution in [0.4, 0.5) is 15.3 Å². The van der Waals surface area contributed by atoms with Gasteiger partial charge in [-0.2, -0.15) is 0 Å². The van der Waals surface area contributed by atoms with E-state index in [1.807, 2.05) is 0 Å². The van der Waals surface area contributed by atoms with Gasteiger partial charge in [-0.3, -0.25) is 28.8 Å². The smallest absolute Gasteiger partial charge is 0.408 e. The molecule has 13 atom stereocenters. The van der Waals surface area contributed by atoms with E-state index in [2.05, 4.69) is 26.0 Å². The lowest BCUT2D eigenvalue weighted by Gasteiger charge is -2.68. The Morgan fingerprint density at radius 2 is 1.49 bits per heavy atom. The van der Waals surface area contributed by atoms with Crippen LogP contribution in [0.15, 0.2) is 96.1 Å². The van der Waals surface area contributed by atoms with Crippen LogP contribution in [-0.2, 0) is 82.7 Å². The van der Waals surface area contributed by atoms with Crippen molar-refractivity contribution in [2.24, 2.45) is 22.7 Å². The highest BCUT2D eigenvalue weighted by molar-refractivity contribution is 5.94. The standard InChI is InChI=1S/C64H78N4O22/c1-34-42(31-64(82)54(88-56(78)39-19-15-12-16-20-39)52-62(9,53(75)35(2)49(34)61(64,7)8)43(83-10)30-44-63(52,32-84-44)89-36(3)70)86-57(79)51(50(38-17-13-11-14-18-38)68-59(81)90-60(4,5)6)87-48(74)28-25-45(71)65-40-23-21-37(22-24-40)29-41(55(76)77)66-58(80)67-46(85-33-69)26-27-47(72)73/h11-24,33,35,41-44,46,50-52,54,82H,25-32H2,1-10H3,(H,65,71)(H,68,81)(H,72,73)(H,76,77)(H2,66,67,80)/t35-,41+,42+,43+,44-,46-,50+,51-,52+,54+,62-,63+,64-/m1/s1. The third kappa shape index (κ3) is 14.9. The molecule has 3 aliphatic carbocycles. The summed E-state index contributed by atoms with van der Waals surface area (Å²) in [6.45, 7) is 14.0. The second-order valence-corrected chi connectivity index (χ2v) is 24.7. The number of alkyl carbamates (subject to hydrolysis) is 1. The van der Waals surface area contributed by atoms with E-state index in [0.717, 1.165) is 0 Å². The Morgan fingerprint density at radius 1 is 0.844 bits per heavy atom. The first-order valence-electron chi connectivity index (χ1n) is 29.3. The molecule has 3 aromatic rings.